The highest BCUT2D eigenvalue weighted by atomic mass is 16.2. The maximum absolute atomic E-state index is 10.9. The Morgan fingerprint density at radius 2 is 1.81 bits per heavy atom. The molecule has 7 heteroatoms. The van der Waals surface area contributed by atoms with Crippen LogP contribution in [0.25, 0.3) is 0 Å². The van der Waals surface area contributed by atoms with Crippen LogP contribution in [-0.4, -0.2) is 49.2 Å². The summed E-state index contributed by atoms with van der Waals surface area (Å²) in [5.41, 5.74) is 10.1. The summed E-state index contributed by atoms with van der Waals surface area (Å²) >= 11 is 0. The zero-order chi connectivity index (χ0) is 12.0. The Morgan fingerprint density at radius 3 is 2.31 bits per heavy atom. The molecule has 0 bridgehead atoms. The van der Waals surface area contributed by atoms with Crippen LogP contribution < -0.4 is 22.1 Å². The molecular formula is C9H19N5O2. The number of primary amides is 2. The molecule has 0 aromatic carbocycles. The fourth-order valence-electron chi connectivity index (χ4n) is 1.77. The molecule has 7 nitrogen and oxygen atoms in total. The highest BCUT2D eigenvalue weighted by Crippen LogP contribution is 2.09. The first-order chi connectivity index (χ1) is 7.59. The number of amides is 4. The van der Waals surface area contributed by atoms with Crippen LogP contribution in [0.2, 0.25) is 0 Å². The second-order valence-corrected chi connectivity index (χ2v) is 3.84. The van der Waals surface area contributed by atoms with Crippen molar-refractivity contribution >= 4 is 12.1 Å². The predicted molar refractivity (Wildman–Crippen MR) is 59.8 cm³/mol. The molecule has 0 atom stereocenters. The molecule has 6 N–H and O–H groups in total. The number of rotatable bonds is 4. The van der Waals surface area contributed by atoms with E-state index in [1.165, 1.54) is 0 Å². The van der Waals surface area contributed by atoms with Gasteiger partial charge in [0.05, 0.1) is 0 Å². The summed E-state index contributed by atoms with van der Waals surface area (Å²) in [6.45, 7) is 2.59. The van der Waals surface area contributed by atoms with Crippen molar-refractivity contribution < 1.29 is 9.59 Å². The summed E-state index contributed by atoms with van der Waals surface area (Å²) in [6.07, 6.45) is 1.78. The normalized spacial score (nSPS) is 17.1. The van der Waals surface area contributed by atoms with Gasteiger partial charge in [0, 0.05) is 32.2 Å². The zero-order valence-electron chi connectivity index (χ0n) is 9.24. The van der Waals surface area contributed by atoms with Crippen LogP contribution in [0.3, 0.4) is 0 Å². The first-order valence-corrected chi connectivity index (χ1v) is 5.40. The Morgan fingerprint density at radius 1 is 1.19 bits per heavy atom. The molecule has 1 aliphatic heterocycles. The van der Waals surface area contributed by atoms with E-state index >= 15 is 0 Å². The van der Waals surface area contributed by atoms with Gasteiger partial charge in [-0.1, -0.05) is 0 Å². The number of nitrogens with one attached hydrogen (secondary N) is 2. The number of piperidine rings is 1. The second kappa shape index (κ2) is 6.16. The van der Waals surface area contributed by atoms with Gasteiger partial charge in [0.1, 0.15) is 0 Å². The van der Waals surface area contributed by atoms with Crippen molar-refractivity contribution in [1.29, 1.82) is 0 Å². The number of hydrogen-bond acceptors (Lipinski definition) is 3. The molecule has 1 saturated heterocycles. The van der Waals surface area contributed by atoms with Crippen molar-refractivity contribution in [2.24, 2.45) is 11.5 Å². The first kappa shape index (κ1) is 12.6. The highest BCUT2D eigenvalue weighted by molar-refractivity contribution is 5.72. The fourth-order valence-corrected chi connectivity index (χ4v) is 1.77. The Bertz CT molecular complexity index is 250. The molecule has 92 valence electrons. The summed E-state index contributed by atoms with van der Waals surface area (Å²) in [5.74, 6) is 0. The molecule has 0 saturated carbocycles. The Kier molecular flexibility index (Phi) is 4.84. The standard InChI is InChI=1S/C9H19N5O2/c10-8(15)13-4-3-12-7-1-5-14(6-2-7)9(11)16/h7,12H,1-6H2,(H2,11,16)(H3,10,13,15). The molecule has 1 rings (SSSR count). The van der Waals surface area contributed by atoms with Crippen LogP contribution in [0.1, 0.15) is 12.8 Å². The van der Waals surface area contributed by atoms with Gasteiger partial charge < -0.3 is 27.0 Å². The minimum absolute atomic E-state index is 0.353. The van der Waals surface area contributed by atoms with Gasteiger partial charge in [0.25, 0.3) is 0 Å². The average molecular weight is 229 g/mol. The molecule has 1 heterocycles. The van der Waals surface area contributed by atoms with E-state index in [-0.39, 0.29) is 6.03 Å². The van der Waals surface area contributed by atoms with Gasteiger partial charge in [-0.3, -0.25) is 0 Å². The number of nitrogens with zero attached hydrogens (tertiary/aromatic N) is 1. The van der Waals surface area contributed by atoms with Crippen molar-refractivity contribution in [3.8, 4) is 0 Å². The number of carbonyl (C=O) groups excluding carboxylic acids is 2. The van der Waals surface area contributed by atoms with Gasteiger partial charge in [-0.2, -0.15) is 0 Å². The van der Waals surface area contributed by atoms with Gasteiger partial charge in [0.2, 0.25) is 0 Å². The maximum Gasteiger partial charge on any atom is 0.314 e. The zero-order valence-corrected chi connectivity index (χ0v) is 9.24. The van der Waals surface area contributed by atoms with Gasteiger partial charge in [-0.05, 0) is 12.8 Å². The Hall–Kier alpha value is -1.50. The van der Waals surface area contributed by atoms with E-state index in [1.807, 2.05) is 0 Å². The van der Waals surface area contributed by atoms with Crippen molar-refractivity contribution in [3.05, 3.63) is 0 Å². The molecule has 0 radical (unpaired) electrons. The van der Waals surface area contributed by atoms with E-state index in [4.69, 9.17) is 11.5 Å². The Labute approximate surface area is 94.5 Å². The molecule has 0 spiro atoms. The lowest BCUT2D eigenvalue weighted by molar-refractivity contribution is 0.185. The SMILES string of the molecule is NC(=O)NCCNC1CCN(C(N)=O)CC1. The third kappa shape index (κ3) is 4.35. The number of nitrogens with two attached hydrogens (primary N) is 2. The summed E-state index contributed by atoms with van der Waals surface area (Å²) in [6, 6.07) is -0.482. The molecule has 0 unspecified atom stereocenters. The molecular weight excluding hydrogens is 210 g/mol. The maximum atomic E-state index is 10.9. The van der Waals surface area contributed by atoms with E-state index in [0.29, 0.717) is 32.2 Å². The van der Waals surface area contributed by atoms with Crippen LogP contribution in [0.4, 0.5) is 9.59 Å². The van der Waals surface area contributed by atoms with Gasteiger partial charge in [-0.25, -0.2) is 9.59 Å². The Balaban J connectivity index is 2.08. The van der Waals surface area contributed by atoms with Crippen LogP contribution >= 0.6 is 0 Å². The van der Waals surface area contributed by atoms with Crippen LogP contribution in [0.15, 0.2) is 0 Å². The lowest BCUT2D eigenvalue weighted by Crippen LogP contribution is -2.48. The van der Waals surface area contributed by atoms with E-state index in [9.17, 15) is 9.59 Å². The number of urea groups is 2. The molecule has 0 aliphatic carbocycles. The molecule has 1 fully saturated rings. The lowest BCUT2D eigenvalue weighted by atomic mass is 10.1. The molecule has 1 aliphatic rings. The van der Waals surface area contributed by atoms with Crippen molar-refractivity contribution in [2.45, 2.75) is 18.9 Å². The number of likely N-dealkylation sites (tertiary alicyclic amines) is 1. The van der Waals surface area contributed by atoms with E-state index in [2.05, 4.69) is 10.6 Å². The van der Waals surface area contributed by atoms with Gasteiger partial charge in [-0.15, -0.1) is 0 Å². The minimum Gasteiger partial charge on any atom is -0.352 e. The summed E-state index contributed by atoms with van der Waals surface area (Å²) in [4.78, 5) is 22.9. The second-order valence-electron chi connectivity index (χ2n) is 3.84. The smallest absolute Gasteiger partial charge is 0.314 e. The van der Waals surface area contributed by atoms with Crippen molar-refractivity contribution in [2.75, 3.05) is 26.2 Å². The minimum atomic E-state index is -0.509. The van der Waals surface area contributed by atoms with Gasteiger partial charge >= 0.3 is 12.1 Å². The lowest BCUT2D eigenvalue weighted by Gasteiger charge is -2.31. The summed E-state index contributed by atoms with van der Waals surface area (Å²) in [5, 5.41) is 5.79. The summed E-state index contributed by atoms with van der Waals surface area (Å²) < 4.78 is 0. The van der Waals surface area contributed by atoms with Gasteiger partial charge in [0.15, 0.2) is 0 Å². The van der Waals surface area contributed by atoms with E-state index < -0.39 is 6.03 Å². The largest absolute Gasteiger partial charge is 0.352 e. The monoisotopic (exact) mass is 229 g/mol. The van der Waals surface area contributed by atoms with Crippen LogP contribution in [0, 0.1) is 0 Å². The fraction of sp³-hybridized carbons (Fsp3) is 0.778. The predicted octanol–water partition coefficient (Wildman–Crippen LogP) is -1.21. The van der Waals surface area contributed by atoms with Crippen LogP contribution in [0.5, 0.6) is 0 Å². The number of hydrogen-bond donors (Lipinski definition) is 4. The third-order valence-corrected chi connectivity index (χ3v) is 2.66. The topological polar surface area (TPSA) is 113 Å². The average Bonchev–Trinajstić information content (AvgIpc) is 2.25. The van der Waals surface area contributed by atoms with E-state index in [0.717, 1.165) is 12.8 Å². The van der Waals surface area contributed by atoms with Crippen molar-refractivity contribution in [1.82, 2.24) is 15.5 Å². The first-order valence-electron chi connectivity index (χ1n) is 5.40. The van der Waals surface area contributed by atoms with E-state index in [1.54, 1.807) is 4.90 Å². The third-order valence-electron chi connectivity index (χ3n) is 2.66. The molecule has 0 aromatic rings. The molecule has 16 heavy (non-hydrogen) atoms. The molecule has 0 aromatic heterocycles. The number of carbonyl (C=O) groups is 2. The van der Waals surface area contributed by atoms with Crippen LogP contribution in [-0.2, 0) is 0 Å². The molecule has 4 amide bonds. The summed E-state index contributed by atoms with van der Waals surface area (Å²) in [7, 11) is 0. The quantitative estimate of drug-likeness (QED) is 0.453. The highest BCUT2D eigenvalue weighted by Gasteiger charge is 2.20. The van der Waals surface area contributed by atoms with Crippen molar-refractivity contribution in [3.63, 3.8) is 0 Å².